The normalized spacial score (nSPS) is 11.9. The van der Waals surface area contributed by atoms with E-state index >= 15 is 0 Å². The highest BCUT2D eigenvalue weighted by Crippen LogP contribution is 2.22. The average molecular weight is 270 g/mol. The van der Waals surface area contributed by atoms with E-state index in [9.17, 15) is 9.90 Å². The molecule has 0 aliphatic heterocycles. The van der Waals surface area contributed by atoms with Crippen molar-refractivity contribution in [3.8, 4) is 5.75 Å². The maximum absolute atomic E-state index is 12.3. The molecule has 0 saturated carbocycles. The molecule has 2 aromatic carbocycles. The first-order valence-corrected chi connectivity index (χ1v) is 6.47. The van der Waals surface area contributed by atoms with Gasteiger partial charge in [0.15, 0.2) is 0 Å². The Hall–Kier alpha value is -2.33. The third-order valence-corrected chi connectivity index (χ3v) is 3.22. The zero-order valence-electron chi connectivity index (χ0n) is 11.3. The van der Waals surface area contributed by atoms with E-state index in [1.54, 1.807) is 18.2 Å². The van der Waals surface area contributed by atoms with E-state index < -0.39 is 0 Å². The topological polar surface area (TPSA) is 75.3 Å². The predicted molar refractivity (Wildman–Crippen MR) is 79.7 cm³/mol. The van der Waals surface area contributed by atoms with Crippen LogP contribution in [0, 0.1) is 6.92 Å². The summed E-state index contributed by atoms with van der Waals surface area (Å²) in [6, 6.07) is 14.3. The van der Waals surface area contributed by atoms with Gasteiger partial charge in [0.1, 0.15) is 5.75 Å². The Kier molecular flexibility index (Phi) is 4.38. The highest BCUT2D eigenvalue weighted by Gasteiger charge is 2.19. The van der Waals surface area contributed by atoms with Crippen molar-refractivity contribution in [2.24, 2.45) is 5.73 Å². The molecule has 1 unspecified atom stereocenters. The molecule has 2 rings (SSSR count). The molecule has 0 bridgehead atoms. The lowest BCUT2D eigenvalue weighted by Gasteiger charge is -2.16. The van der Waals surface area contributed by atoms with Gasteiger partial charge in [-0.3, -0.25) is 4.79 Å². The van der Waals surface area contributed by atoms with Crippen molar-refractivity contribution in [2.45, 2.75) is 12.8 Å². The number of phenols is 1. The number of nitrogens with two attached hydrogens (primary N) is 1. The first-order valence-electron chi connectivity index (χ1n) is 6.47. The molecule has 4 N–H and O–H groups in total. The van der Waals surface area contributed by atoms with Crippen molar-refractivity contribution in [3.63, 3.8) is 0 Å². The minimum atomic E-state index is -0.385. The summed E-state index contributed by atoms with van der Waals surface area (Å²) < 4.78 is 0. The lowest BCUT2D eigenvalue weighted by atomic mass is 9.98. The summed E-state index contributed by atoms with van der Waals surface area (Å²) in [5.74, 6) is -0.351. The number of hydrogen-bond acceptors (Lipinski definition) is 3. The number of nitrogens with one attached hydrogen (secondary N) is 1. The molecule has 20 heavy (non-hydrogen) atoms. The van der Waals surface area contributed by atoms with Gasteiger partial charge in [0.2, 0.25) is 5.91 Å². The maximum atomic E-state index is 12.3. The fourth-order valence-corrected chi connectivity index (χ4v) is 2.09. The SMILES string of the molecule is Cc1cc(O)ccc1NC(=O)C(CN)c1ccccc1. The highest BCUT2D eigenvalue weighted by atomic mass is 16.3. The van der Waals surface area contributed by atoms with Gasteiger partial charge in [0.25, 0.3) is 0 Å². The lowest BCUT2D eigenvalue weighted by Crippen LogP contribution is -2.27. The van der Waals surface area contributed by atoms with Crippen molar-refractivity contribution in [2.75, 3.05) is 11.9 Å². The van der Waals surface area contributed by atoms with Crippen LogP contribution in [0.3, 0.4) is 0 Å². The van der Waals surface area contributed by atoms with Crippen LogP contribution in [0.4, 0.5) is 5.69 Å². The molecule has 0 radical (unpaired) electrons. The summed E-state index contributed by atoms with van der Waals surface area (Å²) in [6.07, 6.45) is 0. The summed E-state index contributed by atoms with van der Waals surface area (Å²) in [7, 11) is 0. The number of aryl methyl sites for hydroxylation is 1. The molecular weight excluding hydrogens is 252 g/mol. The van der Waals surface area contributed by atoms with E-state index in [1.807, 2.05) is 37.3 Å². The van der Waals surface area contributed by atoms with Gasteiger partial charge in [0, 0.05) is 12.2 Å². The van der Waals surface area contributed by atoms with Crippen molar-refractivity contribution in [1.82, 2.24) is 0 Å². The Labute approximate surface area is 118 Å². The Morgan fingerprint density at radius 2 is 1.95 bits per heavy atom. The predicted octanol–water partition coefficient (Wildman–Crippen LogP) is 2.38. The van der Waals surface area contributed by atoms with Crippen LogP contribution in [0.2, 0.25) is 0 Å². The van der Waals surface area contributed by atoms with E-state index in [1.165, 1.54) is 0 Å². The number of carbonyl (C=O) groups is 1. The maximum Gasteiger partial charge on any atom is 0.233 e. The molecular formula is C16H18N2O2. The number of benzene rings is 2. The second-order valence-corrected chi connectivity index (χ2v) is 4.69. The quantitative estimate of drug-likeness (QED) is 0.747. The largest absolute Gasteiger partial charge is 0.508 e. The van der Waals surface area contributed by atoms with Crippen LogP contribution in [-0.4, -0.2) is 17.6 Å². The van der Waals surface area contributed by atoms with Crippen LogP contribution in [0.1, 0.15) is 17.0 Å². The standard InChI is InChI=1S/C16H18N2O2/c1-11-9-13(19)7-8-15(11)18-16(20)14(10-17)12-5-3-2-4-6-12/h2-9,14,19H,10,17H2,1H3,(H,18,20). The minimum absolute atomic E-state index is 0.146. The second kappa shape index (κ2) is 6.21. The van der Waals surface area contributed by atoms with Gasteiger partial charge in [-0.1, -0.05) is 30.3 Å². The van der Waals surface area contributed by atoms with Crippen molar-refractivity contribution in [1.29, 1.82) is 0 Å². The summed E-state index contributed by atoms with van der Waals surface area (Å²) in [4.78, 5) is 12.3. The van der Waals surface area contributed by atoms with Gasteiger partial charge in [0.05, 0.1) is 5.92 Å². The van der Waals surface area contributed by atoms with Crippen molar-refractivity contribution in [3.05, 3.63) is 59.7 Å². The molecule has 2 aromatic rings. The van der Waals surface area contributed by atoms with Crippen LogP contribution in [-0.2, 0) is 4.79 Å². The van der Waals surface area contributed by atoms with Crippen LogP contribution >= 0.6 is 0 Å². The molecule has 0 heterocycles. The molecule has 0 aliphatic carbocycles. The molecule has 0 fully saturated rings. The van der Waals surface area contributed by atoms with Crippen LogP contribution in [0.15, 0.2) is 48.5 Å². The summed E-state index contributed by atoms with van der Waals surface area (Å²) >= 11 is 0. The fourth-order valence-electron chi connectivity index (χ4n) is 2.09. The monoisotopic (exact) mass is 270 g/mol. The third-order valence-electron chi connectivity index (χ3n) is 3.22. The highest BCUT2D eigenvalue weighted by molar-refractivity contribution is 5.96. The van der Waals surface area contributed by atoms with Gasteiger partial charge in [-0.15, -0.1) is 0 Å². The molecule has 1 amide bonds. The average Bonchev–Trinajstić information content (AvgIpc) is 2.44. The van der Waals surface area contributed by atoms with Gasteiger partial charge in [-0.05, 0) is 36.2 Å². The Balaban J connectivity index is 2.18. The zero-order valence-corrected chi connectivity index (χ0v) is 11.3. The van der Waals surface area contributed by atoms with Gasteiger partial charge in [-0.25, -0.2) is 0 Å². The van der Waals surface area contributed by atoms with Gasteiger partial charge in [-0.2, -0.15) is 0 Å². The molecule has 0 aromatic heterocycles. The zero-order chi connectivity index (χ0) is 14.5. The number of hydrogen-bond donors (Lipinski definition) is 3. The lowest BCUT2D eigenvalue weighted by molar-refractivity contribution is -0.117. The van der Waals surface area contributed by atoms with Gasteiger partial charge < -0.3 is 16.2 Å². The molecule has 1 atom stereocenters. The van der Waals surface area contributed by atoms with Crippen molar-refractivity contribution >= 4 is 11.6 Å². The number of phenolic OH excluding ortho intramolecular Hbond substituents is 1. The molecule has 0 aliphatic rings. The van der Waals surface area contributed by atoms with Crippen LogP contribution in [0.5, 0.6) is 5.75 Å². The minimum Gasteiger partial charge on any atom is -0.508 e. The summed E-state index contributed by atoms with van der Waals surface area (Å²) in [5, 5.41) is 12.2. The summed E-state index contributed by atoms with van der Waals surface area (Å²) in [6.45, 7) is 2.07. The number of rotatable bonds is 4. The molecule has 4 heteroatoms. The first-order chi connectivity index (χ1) is 9.61. The van der Waals surface area contributed by atoms with Gasteiger partial charge >= 0.3 is 0 Å². The Bertz CT molecular complexity index is 597. The van der Waals surface area contributed by atoms with Crippen molar-refractivity contribution < 1.29 is 9.90 Å². The summed E-state index contributed by atoms with van der Waals surface area (Å²) in [5.41, 5.74) is 8.10. The molecule has 104 valence electrons. The number of carbonyl (C=O) groups excluding carboxylic acids is 1. The van der Waals surface area contributed by atoms with E-state index in [0.29, 0.717) is 5.69 Å². The molecule has 0 spiro atoms. The van der Waals surface area contributed by atoms with E-state index in [4.69, 9.17) is 5.73 Å². The smallest absolute Gasteiger partial charge is 0.233 e. The first kappa shape index (κ1) is 14.1. The Morgan fingerprint density at radius 1 is 1.25 bits per heavy atom. The third kappa shape index (κ3) is 3.16. The fraction of sp³-hybridized carbons (Fsp3) is 0.188. The van der Waals surface area contributed by atoms with E-state index in [-0.39, 0.29) is 24.1 Å². The van der Waals surface area contributed by atoms with Crippen LogP contribution < -0.4 is 11.1 Å². The Morgan fingerprint density at radius 3 is 2.55 bits per heavy atom. The number of aromatic hydroxyl groups is 1. The second-order valence-electron chi connectivity index (χ2n) is 4.69. The van der Waals surface area contributed by atoms with E-state index in [0.717, 1.165) is 11.1 Å². The molecule has 0 saturated heterocycles. The molecule has 4 nitrogen and oxygen atoms in total. The number of amides is 1. The van der Waals surface area contributed by atoms with E-state index in [2.05, 4.69) is 5.32 Å². The number of anilines is 1. The van der Waals surface area contributed by atoms with Crippen LogP contribution in [0.25, 0.3) is 0 Å².